The van der Waals surface area contributed by atoms with E-state index >= 15 is 0 Å². The van der Waals surface area contributed by atoms with Crippen LogP contribution in [-0.4, -0.2) is 48.3 Å². The number of benzene rings is 1. The molecule has 0 N–H and O–H groups in total. The topological polar surface area (TPSA) is 74.3 Å². The van der Waals surface area contributed by atoms with Gasteiger partial charge in [-0.25, -0.2) is 9.59 Å². The summed E-state index contributed by atoms with van der Waals surface area (Å²) in [5, 5.41) is 0. The number of aryl methyl sites for hydroxylation is 1. The van der Waals surface area contributed by atoms with Gasteiger partial charge >= 0.3 is 12.1 Å². The van der Waals surface area contributed by atoms with E-state index in [4.69, 9.17) is 18.9 Å². The van der Waals surface area contributed by atoms with Crippen LogP contribution < -0.4 is 4.90 Å². The maximum Gasteiger partial charge on any atom is 0.414 e. The molecular weight excluding hydrogens is 530 g/mol. The van der Waals surface area contributed by atoms with E-state index in [1.807, 2.05) is 72.8 Å². The van der Waals surface area contributed by atoms with Crippen molar-refractivity contribution in [3.63, 3.8) is 0 Å². The average molecular weight is 584 g/mol. The SMILES string of the molecule is CCCCCCN(C(=O)OC(C)(C)C)c1cc(C)c2c(c1)/C=C/C[C@@H]1OC(C)(C)O[C@@H]1[C@H](C)/C=C\[C@@H](C)[C@H](C)OC2=O. The summed E-state index contributed by atoms with van der Waals surface area (Å²) in [6.07, 6.45) is 12.0. The highest BCUT2D eigenvalue weighted by Crippen LogP contribution is 2.36. The fourth-order valence-corrected chi connectivity index (χ4v) is 5.47. The zero-order chi connectivity index (χ0) is 31.2. The third kappa shape index (κ3) is 9.18. The maximum atomic E-state index is 13.6. The number of hydrogen-bond donors (Lipinski definition) is 0. The zero-order valence-corrected chi connectivity index (χ0v) is 27.5. The number of esters is 1. The smallest absolute Gasteiger partial charge is 0.414 e. The highest BCUT2D eigenvalue weighted by Gasteiger charge is 2.42. The number of nitrogens with zero attached hydrogens (tertiary/aromatic N) is 1. The van der Waals surface area contributed by atoms with Gasteiger partial charge in [0.25, 0.3) is 0 Å². The van der Waals surface area contributed by atoms with Gasteiger partial charge in [0.1, 0.15) is 11.7 Å². The number of rotatable bonds is 6. The van der Waals surface area contributed by atoms with Crippen molar-refractivity contribution in [3.8, 4) is 0 Å². The van der Waals surface area contributed by atoms with E-state index in [9.17, 15) is 9.59 Å². The first-order chi connectivity index (χ1) is 19.6. The second kappa shape index (κ2) is 14.2. The number of hydrogen-bond acceptors (Lipinski definition) is 6. The molecule has 7 heteroatoms. The van der Waals surface area contributed by atoms with E-state index in [0.29, 0.717) is 29.8 Å². The first-order valence-corrected chi connectivity index (χ1v) is 15.7. The van der Waals surface area contributed by atoms with Gasteiger partial charge in [-0.15, -0.1) is 0 Å². The minimum Gasteiger partial charge on any atom is -0.458 e. The van der Waals surface area contributed by atoms with Crippen molar-refractivity contribution < 1.29 is 28.5 Å². The highest BCUT2D eigenvalue weighted by atomic mass is 16.8. The van der Waals surface area contributed by atoms with E-state index in [1.165, 1.54) is 0 Å². The summed E-state index contributed by atoms with van der Waals surface area (Å²) in [6, 6.07) is 3.79. The normalized spacial score (nSPS) is 27.7. The summed E-state index contributed by atoms with van der Waals surface area (Å²) in [5.74, 6) is -0.917. The Morgan fingerprint density at radius 1 is 1.05 bits per heavy atom. The number of amides is 1. The molecule has 3 rings (SSSR count). The highest BCUT2D eigenvalue weighted by molar-refractivity contribution is 5.97. The van der Waals surface area contributed by atoms with Gasteiger partial charge in [0.05, 0.1) is 17.8 Å². The van der Waals surface area contributed by atoms with Gasteiger partial charge in [0.2, 0.25) is 0 Å². The fraction of sp³-hybridized carbons (Fsp3) is 0.657. The third-order valence-corrected chi connectivity index (χ3v) is 7.87. The summed E-state index contributed by atoms with van der Waals surface area (Å²) in [4.78, 5) is 28.7. The summed E-state index contributed by atoms with van der Waals surface area (Å²) < 4.78 is 24.4. The molecule has 0 aliphatic carbocycles. The average Bonchev–Trinajstić information content (AvgIpc) is 3.19. The van der Waals surface area contributed by atoms with E-state index < -0.39 is 17.5 Å². The van der Waals surface area contributed by atoms with Crippen molar-refractivity contribution in [2.75, 3.05) is 11.4 Å². The second-order valence-corrected chi connectivity index (χ2v) is 13.4. The van der Waals surface area contributed by atoms with Gasteiger partial charge in [-0.2, -0.15) is 0 Å². The predicted octanol–water partition coefficient (Wildman–Crippen LogP) is 8.63. The van der Waals surface area contributed by atoms with Crippen molar-refractivity contribution in [2.24, 2.45) is 11.8 Å². The van der Waals surface area contributed by atoms with Gasteiger partial charge in [-0.05, 0) is 84.6 Å². The van der Waals surface area contributed by atoms with Crippen LogP contribution in [0.5, 0.6) is 0 Å². The number of anilines is 1. The van der Waals surface area contributed by atoms with E-state index in [-0.39, 0.29) is 36.1 Å². The van der Waals surface area contributed by atoms with Crippen LogP contribution >= 0.6 is 0 Å². The Balaban J connectivity index is 2.06. The number of carbonyl (C=O) groups is 2. The Kier molecular flexibility index (Phi) is 11.5. The molecule has 1 amide bonds. The molecule has 234 valence electrons. The van der Waals surface area contributed by atoms with Crippen molar-refractivity contribution in [1.29, 1.82) is 0 Å². The Hall–Kier alpha value is -2.64. The van der Waals surface area contributed by atoms with Gasteiger partial charge in [0.15, 0.2) is 5.79 Å². The van der Waals surface area contributed by atoms with Crippen molar-refractivity contribution in [1.82, 2.24) is 0 Å². The molecule has 1 aromatic carbocycles. The lowest BCUT2D eigenvalue weighted by atomic mass is 9.93. The molecule has 1 aromatic rings. The molecule has 0 radical (unpaired) electrons. The van der Waals surface area contributed by atoms with Gasteiger partial charge in [-0.3, -0.25) is 4.90 Å². The number of carbonyl (C=O) groups excluding carboxylic acids is 2. The second-order valence-electron chi connectivity index (χ2n) is 13.4. The Labute approximate surface area is 253 Å². The van der Waals surface area contributed by atoms with Crippen LogP contribution in [0.3, 0.4) is 0 Å². The van der Waals surface area contributed by atoms with Gasteiger partial charge in [-0.1, -0.05) is 64.3 Å². The third-order valence-electron chi connectivity index (χ3n) is 7.87. The summed E-state index contributed by atoms with van der Waals surface area (Å²) >= 11 is 0. The molecule has 0 bridgehead atoms. The van der Waals surface area contributed by atoms with Gasteiger partial charge in [0, 0.05) is 24.1 Å². The minimum atomic E-state index is -0.676. The summed E-state index contributed by atoms with van der Waals surface area (Å²) in [6.45, 7) is 20.2. The fourth-order valence-electron chi connectivity index (χ4n) is 5.47. The van der Waals surface area contributed by atoms with Crippen molar-refractivity contribution >= 4 is 23.8 Å². The Morgan fingerprint density at radius 3 is 2.40 bits per heavy atom. The molecule has 5 atom stereocenters. The predicted molar refractivity (Wildman–Crippen MR) is 169 cm³/mol. The zero-order valence-electron chi connectivity index (χ0n) is 27.5. The number of cyclic esters (lactones) is 1. The number of unbranched alkanes of at least 4 members (excludes halogenated alkanes) is 3. The van der Waals surface area contributed by atoms with E-state index in [2.05, 4.69) is 32.9 Å². The monoisotopic (exact) mass is 583 g/mol. The van der Waals surface area contributed by atoms with Crippen molar-refractivity contribution in [3.05, 3.63) is 47.1 Å². The van der Waals surface area contributed by atoms with Crippen LogP contribution in [0.1, 0.15) is 116 Å². The van der Waals surface area contributed by atoms with Crippen LogP contribution in [-0.2, 0) is 18.9 Å². The molecule has 2 aliphatic heterocycles. The minimum absolute atomic E-state index is 0.0116. The van der Waals surface area contributed by atoms with E-state index in [1.54, 1.807) is 4.90 Å². The largest absolute Gasteiger partial charge is 0.458 e. The van der Waals surface area contributed by atoms with Crippen LogP contribution in [0, 0.1) is 18.8 Å². The molecule has 2 aliphatic rings. The van der Waals surface area contributed by atoms with Crippen LogP contribution in [0.25, 0.3) is 6.08 Å². The molecule has 1 saturated heterocycles. The van der Waals surface area contributed by atoms with E-state index in [0.717, 1.165) is 31.2 Å². The standard InChI is InChI=1S/C35H53NO6/c1-11-12-13-14-20-36(33(38)42-34(6,7)8)28-21-25(4)30-27(22-28)16-15-17-29-31(41-35(9,10)40-29)24(3)19-18-23(2)26(5)39-32(30)37/h15-16,18-19,21-24,26,29,31H,11-14,17,20H2,1-10H3/b16-15+,19-18-/t23-,24-,26+,29+,31-/m1/s1. The Morgan fingerprint density at radius 2 is 1.74 bits per heavy atom. The lowest BCUT2D eigenvalue weighted by molar-refractivity contribution is -0.148. The van der Waals surface area contributed by atoms with Crippen LogP contribution in [0.2, 0.25) is 0 Å². The molecule has 42 heavy (non-hydrogen) atoms. The lowest BCUT2D eigenvalue weighted by Crippen LogP contribution is -2.37. The lowest BCUT2D eigenvalue weighted by Gasteiger charge is -2.28. The summed E-state index contributed by atoms with van der Waals surface area (Å²) in [5.41, 5.74) is 2.02. The number of fused-ring (bicyclic) bond motifs is 2. The molecule has 0 spiro atoms. The van der Waals surface area contributed by atoms with Crippen LogP contribution in [0.15, 0.2) is 30.4 Å². The molecule has 2 heterocycles. The molecule has 0 saturated carbocycles. The molecule has 0 aromatic heterocycles. The first-order valence-electron chi connectivity index (χ1n) is 15.7. The molecule has 0 unspecified atom stereocenters. The van der Waals surface area contributed by atoms with Gasteiger partial charge < -0.3 is 18.9 Å². The molecule has 7 nitrogen and oxygen atoms in total. The number of ether oxygens (including phenoxy) is 4. The Bertz CT molecular complexity index is 1150. The quantitative estimate of drug-likeness (QED) is 0.190. The molecule has 1 fully saturated rings. The van der Waals surface area contributed by atoms with Crippen LogP contribution in [0.4, 0.5) is 10.5 Å². The molecular formula is C35H53NO6. The maximum absolute atomic E-state index is 13.6. The first kappa shape index (κ1) is 33.9. The van der Waals surface area contributed by atoms with Crippen molar-refractivity contribution in [2.45, 2.75) is 131 Å². The summed E-state index contributed by atoms with van der Waals surface area (Å²) in [7, 11) is 0.